The smallest absolute Gasteiger partial charge is 0.112 e. The molecule has 0 aliphatic heterocycles. The Hall–Kier alpha value is -1.35. The van der Waals surface area contributed by atoms with Crippen LogP contribution in [0, 0.1) is 0 Å². The molecule has 1 aromatic heterocycles. The average molecular weight is 259 g/mol. The van der Waals surface area contributed by atoms with Crippen LogP contribution in [0.2, 0.25) is 0 Å². The van der Waals surface area contributed by atoms with Crippen molar-refractivity contribution in [2.45, 2.75) is 52.0 Å². The molecule has 3 nitrogen and oxygen atoms in total. The SMILES string of the molecule is CCCC(CCC)c1nc2ccc(CN)cc2n1C. The number of nitrogens with two attached hydrogens (primary N) is 1. The van der Waals surface area contributed by atoms with Gasteiger partial charge in [0.1, 0.15) is 5.82 Å². The number of fused-ring (bicyclic) bond motifs is 1. The zero-order valence-corrected chi connectivity index (χ0v) is 12.3. The second-order valence-corrected chi connectivity index (χ2v) is 5.33. The van der Waals surface area contributed by atoms with Crippen LogP contribution in [-0.2, 0) is 13.6 Å². The fourth-order valence-electron chi connectivity index (χ4n) is 2.85. The van der Waals surface area contributed by atoms with Crippen molar-refractivity contribution >= 4 is 11.0 Å². The van der Waals surface area contributed by atoms with E-state index in [1.807, 2.05) is 0 Å². The molecule has 3 heteroatoms. The third-order valence-corrected chi connectivity index (χ3v) is 3.85. The number of hydrogen-bond donors (Lipinski definition) is 1. The van der Waals surface area contributed by atoms with Crippen LogP contribution >= 0.6 is 0 Å². The molecule has 0 radical (unpaired) electrons. The minimum atomic E-state index is 0.578. The number of aryl methyl sites for hydroxylation is 1. The Bertz CT molecular complexity index is 536. The molecule has 0 bridgehead atoms. The third-order valence-electron chi connectivity index (χ3n) is 3.85. The lowest BCUT2D eigenvalue weighted by Gasteiger charge is -2.15. The van der Waals surface area contributed by atoms with E-state index in [9.17, 15) is 0 Å². The summed E-state index contributed by atoms with van der Waals surface area (Å²) in [5.41, 5.74) is 9.19. The molecule has 19 heavy (non-hydrogen) atoms. The van der Waals surface area contributed by atoms with Gasteiger partial charge in [-0.1, -0.05) is 32.8 Å². The van der Waals surface area contributed by atoms with Crippen LogP contribution in [0.1, 0.15) is 56.8 Å². The first-order valence-electron chi connectivity index (χ1n) is 7.36. The van der Waals surface area contributed by atoms with Crippen molar-refractivity contribution in [2.24, 2.45) is 12.8 Å². The van der Waals surface area contributed by atoms with Crippen LogP contribution < -0.4 is 5.73 Å². The lowest BCUT2D eigenvalue weighted by molar-refractivity contribution is 0.521. The van der Waals surface area contributed by atoms with Crippen molar-refractivity contribution in [3.8, 4) is 0 Å². The standard InChI is InChI=1S/C16H25N3/c1-4-6-13(7-5-2)16-18-14-9-8-12(11-17)10-15(14)19(16)3/h8-10,13H,4-7,11,17H2,1-3H3. The van der Waals surface area contributed by atoms with Crippen LogP contribution in [0.25, 0.3) is 11.0 Å². The molecule has 0 aliphatic rings. The van der Waals surface area contributed by atoms with Crippen molar-refractivity contribution in [1.29, 1.82) is 0 Å². The van der Waals surface area contributed by atoms with Gasteiger partial charge in [-0.3, -0.25) is 0 Å². The molecule has 0 saturated carbocycles. The van der Waals surface area contributed by atoms with Gasteiger partial charge in [-0.15, -0.1) is 0 Å². The van der Waals surface area contributed by atoms with Gasteiger partial charge in [-0.25, -0.2) is 4.98 Å². The second-order valence-electron chi connectivity index (χ2n) is 5.33. The zero-order chi connectivity index (χ0) is 13.8. The van der Waals surface area contributed by atoms with Gasteiger partial charge in [0, 0.05) is 19.5 Å². The summed E-state index contributed by atoms with van der Waals surface area (Å²) in [5, 5.41) is 0. The zero-order valence-electron chi connectivity index (χ0n) is 12.3. The molecule has 0 unspecified atom stereocenters. The molecule has 104 valence electrons. The van der Waals surface area contributed by atoms with Gasteiger partial charge in [-0.2, -0.15) is 0 Å². The molecule has 0 aliphatic carbocycles. The Kier molecular flexibility index (Phi) is 4.59. The Balaban J connectivity index is 2.45. The molecular weight excluding hydrogens is 234 g/mol. The minimum absolute atomic E-state index is 0.578. The highest BCUT2D eigenvalue weighted by atomic mass is 15.1. The highest BCUT2D eigenvalue weighted by molar-refractivity contribution is 5.77. The fourth-order valence-corrected chi connectivity index (χ4v) is 2.85. The lowest BCUT2D eigenvalue weighted by atomic mass is 9.97. The Morgan fingerprint density at radius 2 is 1.89 bits per heavy atom. The molecule has 0 amide bonds. The highest BCUT2D eigenvalue weighted by Crippen LogP contribution is 2.28. The summed E-state index contributed by atoms with van der Waals surface area (Å²) >= 11 is 0. The second kappa shape index (κ2) is 6.20. The fraction of sp³-hybridized carbons (Fsp3) is 0.562. The molecule has 2 N–H and O–H groups in total. The number of aromatic nitrogens is 2. The van der Waals surface area contributed by atoms with Crippen molar-refractivity contribution in [3.63, 3.8) is 0 Å². The summed E-state index contributed by atoms with van der Waals surface area (Å²) in [6.45, 7) is 5.08. The molecule has 1 heterocycles. The largest absolute Gasteiger partial charge is 0.331 e. The number of benzene rings is 1. The molecule has 0 atom stereocenters. The maximum Gasteiger partial charge on any atom is 0.112 e. The number of rotatable bonds is 6. The van der Waals surface area contributed by atoms with E-state index in [1.165, 1.54) is 42.6 Å². The maximum absolute atomic E-state index is 5.72. The van der Waals surface area contributed by atoms with E-state index >= 15 is 0 Å². The molecule has 2 rings (SSSR count). The van der Waals surface area contributed by atoms with E-state index < -0.39 is 0 Å². The summed E-state index contributed by atoms with van der Waals surface area (Å²) in [7, 11) is 2.13. The lowest BCUT2D eigenvalue weighted by Crippen LogP contribution is -2.06. The Morgan fingerprint density at radius 1 is 1.21 bits per heavy atom. The van der Waals surface area contributed by atoms with Gasteiger partial charge in [0.2, 0.25) is 0 Å². The first kappa shape index (κ1) is 14.1. The van der Waals surface area contributed by atoms with Crippen LogP contribution in [0.15, 0.2) is 18.2 Å². The summed E-state index contributed by atoms with van der Waals surface area (Å²) < 4.78 is 2.25. The number of nitrogens with zero attached hydrogens (tertiary/aromatic N) is 2. The third kappa shape index (κ3) is 2.81. The van der Waals surface area contributed by atoms with Crippen LogP contribution in [-0.4, -0.2) is 9.55 Å². The van der Waals surface area contributed by atoms with E-state index in [0.717, 1.165) is 5.52 Å². The van der Waals surface area contributed by atoms with Crippen LogP contribution in [0.4, 0.5) is 0 Å². The minimum Gasteiger partial charge on any atom is -0.331 e. The first-order chi connectivity index (χ1) is 9.21. The topological polar surface area (TPSA) is 43.8 Å². The Morgan fingerprint density at radius 3 is 2.47 bits per heavy atom. The quantitative estimate of drug-likeness (QED) is 0.859. The average Bonchev–Trinajstić information content (AvgIpc) is 2.75. The molecule has 2 aromatic rings. The maximum atomic E-state index is 5.72. The first-order valence-corrected chi connectivity index (χ1v) is 7.36. The van der Waals surface area contributed by atoms with Gasteiger partial charge in [0.15, 0.2) is 0 Å². The normalized spacial score (nSPS) is 11.6. The summed E-state index contributed by atoms with van der Waals surface area (Å²) in [5.74, 6) is 1.81. The summed E-state index contributed by atoms with van der Waals surface area (Å²) in [6.07, 6.45) is 4.85. The van der Waals surface area contributed by atoms with E-state index in [0.29, 0.717) is 12.5 Å². The Labute approximate surface area is 115 Å². The summed E-state index contributed by atoms with van der Waals surface area (Å²) in [4.78, 5) is 4.85. The highest BCUT2D eigenvalue weighted by Gasteiger charge is 2.17. The van der Waals surface area contributed by atoms with Gasteiger partial charge in [0.25, 0.3) is 0 Å². The molecule has 0 fully saturated rings. The van der Waals surface area contributed by atoms with Crippen LogP contribution in [0.3, 0.4) is 0 Å². The number of imidazole rings is 1. The van der Waals surface area contributed by atoms with Gasteiger partial charge >= 0.3 is 0 Å². The molecular formula is C16H25N3. The van der Waals surface area contributed by atoms with Gasteiger partial charge < -0.3 is 10.3 Å². The van der Waals surface area contributed by atoms with Crippen molar-refractivity contribution in [3.05, 3.63) is 29.6 Å². The van der Waals surface area contributed by atoms with E-state index in [4.69, 9.17) is 10.7 Å². The predicted octanol–water partition coefficient (Wildman–Crippen LogP) is 3.72. The number of hydrogen-bond acceptors (Lipinski definition) is 2. The summed E-state index contributed by atoms with van der Waals surface area (Å²) in [6, 6.07) is 6.34. The van der Waals surface area contributed by atoms with Crippen LogP contribution in [0.5, 0.6) is 0 Å². The monoisotopic (exact) mass is 259 g/mol. The molecule has 0 spiro atoms. The van der Waals surface area contributed by atoms with E-state index in [1.54, 1.807) is 0 Å². The van der Waals surface area contributed by atoms with Crippen molar-refractivity contribution in [1.82, 2.24) is 9.55 Å². The van der Waals surface area contributed by atoms with Crippen molar-refractivity contribution in [2.75, 3.05) is 0 Å². The molecule has 0 saturated heterocycles. The van der Waals surface area contributed by atoms with Gasteiger partial charge in [-0.05, 0) is 30.5 Å². The van der Waals surface area contributed by atoms with E-state index in [2.05, 4.69) is 43.7 Å². The van der Waals surface area contributed by atoms with Gasteiger partial charge in [0.05, 0.1) is 11.0 Å². The predicted molar refractivity (Wildman–Crippen MR) is 81.2 cm³/mol. The van der Waals surface area contributed by atoms with Crippen molar-refractivity contribution < 1.29 is 0 Å². The molecule has 1 aromatic carbocycles. The van der Waals surface area contributed by atoms with E-state index in [-0.39, 0.29) is 0 Å².